The minimum absolute atomic E-state index is 0.0633. The summed E-state index contributed by atoms with van der Waals surface area (Å²) in [5, 5.41) is 0. The van der Waals surface area contributed by atoms with Crippen LogP contribution in [-0.2, 0) is 23.8 Å². The molecule has 0 amide bonds. The summed E-state index contributed by atoms with van der Waals surface area (Å²) in [6, 6.07) is 12.0. The van der Waals surface area contributed by atoms with Crippen molar-refractivity contribution >= 4 is 11.9 Å². The van der Waals surface area contributed by atoms with E-state index in [0.29, 0.717) is 42.6 Å². The van der Waals surface area contributed by atoms with Gasteiger partial charge in [0.15, 0.2) is 18.3 Å². The molecule has 1 fully saturated rings. The average Bonchev–Trinajstić information content (AvgIpc) is 3.62. The largest absolute Gasteiger partial charge is 0.498 e. The second-order valence-electron chi connectivity index (χ2n) is 9.99. The number of allylic oxidation sites excluding steroid dienone is 3. The van der Waals surface area contributed by atoms with Gasteiger partial charge in [0.1, 0.15) is 24.1 Å². The average molecular weight is 566 g/mol. The molecule has 0 radical (unpaired) electrons. The first-order chi connectivity index (χ1) is 20.0. The molecule has 2 aliphatic heterocycles. The smallest absolute Gasteiger partial charge is 0.331 e. The number of methoxy groups -OCH3 is 1. The summed E-state index contributed by atoms with van der Waals surface area (Å²) in [5.41, 5.74) is 2.11. The molecule has 0 N–H and O–H groups in total. The van der Waals surface area contributed by atoms with Crippen LogP contribution in [0.15, 0.2) is 65.9 Å². The molecule has 5 rings (SSSR count). The Labute approximate surface area is 239 Å². The van der Waals surface area contributed by atoms with E-state index in [2.05, 4.69) is 22.6 Å². The van der Waals surface area contributed by atoms with Crippen molar-refractivity contribution in [3.05, 3.63) is 71.5 Å². The molecule has 2 aromatic rings. The van der Waals surface area contributed by atoms with E-state index in [4.69, 9.17) is 28.4 Å². The van der Waals surface area contributed by atoms with Gasteiger partial charge in [-0.3, -0.25) is 4.90 Å². The van der Waals surface area contributed by atoms with E-state index in [9.17, 15) is 9.59 Å². The first kappa shape index (κ1) is 28.5. The molecule has 10 nitrogen and oxygen atoms in total. The number of ether oxygens (including phenoxy) is 7. The van der Waals surface area contributed by atoms with Gasteiger partial charge in [-0.15, -0.1) is 0 Å². The van der Waals surface area contributed by atoms with Crippen molar-refractivity contribution in [1.82, 2.24) is 4.90 Å². The fraction of sp³-hybridized carbons (Fsp3) is 0.419. The second-order valence-corrected chi connectivity index (χ2v) is 9.99. The highest BCUT2D eigenvalue weighted by Gasteiger charge is 2.45. The second kappa shape index (κ2) is 13.1. The molecule has 1 aliphatic carbocycles. The SMILES string of the molecule is CCCOC1=CC=C2CN(C(C)C(=O)Oc3ccc4c(c3)OCO4)C(c3ccccc3OCOCC(=O)OC)C2C1. The summed E-state index contributed by atoms with van der Waals surface area (Å²) < 4.78 is 38.6. The van der Waals surface area contributed by atoms with Crippen molar-refractivity contribution < 1.29 is 42.7 Å². The Morgan fingerprint density at radius 2 is 1.90 bits per heavy atom. The van der Waals surface area contributed by atoms with Gasteiger partial charge in [-0.05, 0) is 37.6 Å². The van der Waals surface area contributed by atoms with Crippen molar-refractivity contribution in [2.75, 3.05) is 40.5 Å². The Hall–Kier alpha value is -4.02. The molecule has 2 aromatic carbocycles. The fourth-order valence-electron chi connectivity index (χ4n) is 5.30. The third-order valence-electron chi connectivity index (χ3n) is 7.36. The fourth-order valence-corrected chi connectivity index (χ4v) is 5.30. The third kappa shape index (κ3) is 6.49. The van der Waals surface area contributed by atoms with E-state index in [1.54, 1.807) is 18.2 Å². The Morgan fingerprint density at radius 1 is 1.07 bits per heavy atom. The Bertz CT molecular complexity index is 1320. The minimum atomic E-state index is -0.583. The van der Waals surface area contributed by atoms with E-state index < -0.39 is 12.0 Å². The maximum absolute atomic E-state index is 13.5. The molecule has 3 aliphatic rings. The number of esters is 2. The van der Waals surface area contributed by atoms with Crippen molar-refractivity contribution in [3.8, 4) is 23.0 Å². The number of carbonyl (C=O) groups is 2. The normalized spacial score (nSPS) is 20.0. The van der Waals surface area contributed by atoms with E-state index in [0.717, 1.165) is 17.7 Å². The number of hydrogen-bond acceptors (Lipinski definition) is 10. The summed E-state index contributed by atoms with van der Waals surface area (Å²) in [5.74, 6) is 2.28. The topological polar surface area (TPSA) is 102 Å². The van der Waals surface area contributed by atoms with Gasteiger partial charge in [0.05, 0.1) is 19.5 Å². The molecule has 3 atom stereocenters. The lowest BCUT2D eigenvalue weighted by Crippen LogP contribution is -2.41. The van der Waals surface area contributed by atoms with Crippen LogP contribution in [0.4, 0.5) is 0 Å². The predicted molar refractivity (Wildman–Crippen MR) is 148 cm³/mol. The minimum Gasteiger partial charge on any atom is -0.498 e. The van der Waals surface area contributed by atoms with Gasteiger partial charge >= 0.3 is 11.9 Å². The van der Waals surface area contributed by atoms with Crippen LogP contribution >= 0.6 is 0 Å². The first-order valence-corrected chi connectivity index (χ1v) is 13.7. The number of benzene rings is 2. The molecule has 2 heterocycles. The molecule has 3 unspecified atom stereocenters. The van der Waals surface area contributed by atoms with Gasteiger partial charge in [0.25, 0.3) is 0 Å². The van der Waals surface area contributed by atoms with E-state index >= 15 is 0 Å². The van der Waals surface area contributed by atoms with Crippen LogP contribution < -0.4 is 18.9 Å². The van der Waals surface area contributed by atoms with E-state index in [-0.39, 0.29) is 38.1 Å². The number of carbonyl (C=O) groups excluding carboxylic acids is 2. The maximum atomic E-state index is 13.5. The quantitative estimate of drug-likeness (QED) is 0.158. The highest BCUT2D eigenvalue weighted by Crippen LogP contribution is 2.49. The number of fused-ring (bicyclic) bond motifs is 2. The summed E-state index contributed by atoms with van der Waals surface area (Å²) >= 11 is 0. The summed E-state index contributed by atoms with van der Waals surface area (Å²) in [7, 11) is 1.30. The van der Waals surface area contributed by atoms with Crippen LogP contribution in [-0.4, -0.2) is 63.3 Å². The van der Waals surface area contributed by atoms with Crippen LogP contribution in [0.2, 0.25) is 0 Å². The Kier molecular flexibility index (Phi) is 9.11. The summed E-state index contributed by atoms with van der Waals surface area (Å²) in [6.07, 6.45) is 5.74. The van der Waals surface area contributed by atoms with Gasteiger partial charge in [-0.25, -0.2) is 9.59 Å². The zero-order valence-corrected chi connectivity index (χ0v) is 23.5. The Balaban J connectivity index is 1.38. The molecular formula is C31H35NO9. The zero-order valence-electron chi connectivity index (χ0n) is 23.5. The molecule has 0 aromatic heterocycles. The van der Waals surface area contributed by atoms with Crippen LogP contribution in [0.3, 0.4) is 0 Å². The molecule has 1 saturated heterocycles. The van der Waals surface area contributed by atoms with E-state index in [1.807, 2.05) is 37.3 Å². The Morgan fingerprint density at radius 3 is 2.73 bits per heavy atom. The number of rotatable bonds is 12. The van der Waals surface area contributed by atoms with Gasteiger partial charge in [-0.1, -0.05) is 36.8 Å². The molecule has 41 heavy (non-hydrogen) atoms. The third-order valence-corrected chi connectivity index (χ3v) is 7.36. The number of hydrogen-bond donors (Lipinski definition) is 0. The number of likely N-dealkylation sites (tertiary alicyclic amines) is 1. The zero-order chi connectivity index (χ0) is 28.8. The van der Waals surface area contributed by atoms with Crippen molar-refractivity contribution in [2.45, 2.75) is 38.8 Å². The molecule has 0 bridgehead atoms. The van der Waals surface area contributed by atoms with Crippen LogP contribution in [0, 0.1) is 5.92 Å². The molecular weight excluding hydrogens is 530 g/mol. The van der Waals surface area contributed by atoms with Gasteiger partial charge in [0.2, 0.25) is 6.79 Å². The predicted octanol–water partition coefficient (Wildman–Crippen LogP) is 4.55. The standard InChI is InChI=1S/C31H35NO9/c1-4-13-37-22-10-9-21-16-32(20(2)31(34)41-23-11-12-27-28(15-23)40-19-39-27)30(25(21)14-22)24-7-5-6-8-26(24)38-18-36-17-29(33)35-3/h5-12,15,20,25,30H,4,13-14,16-19H2,1-3H3. The lowest BCUT2D eigenvalue weighted by atomic mass is 9.84. The number of nitrogens with zero attached hydrogens (tertiary/aromatic N) is 1. The molecule has 0 spiro atoms. The lowest BCUT2D eigenvalue weighted by molar-refractivity contribution is -0.148. The van der Waals surface area contributed by atoms with Crippen molar-refractivity contribution in [2.24, 2.45) is 5.92 Å². The van der Waals surface area contributed by atoms with Crippen molar-refractivity contribution in [3.63, 3.8) is 0 Å². The highest BCUT2D eigenvalue weighted by atomic mass is 16.7. The highest BCUT2D eigenvalue weighted by molar-refractivity contribution is 5.78. The monoisotopic (exact) mass is 565 g/mol. The molecule has 0 saturated carbocycles. The summed E-state index contributed by atoms with van der Waals surface area (Å²) in [6.45, 7) is 4.96. The van der Waals surface area contributed by atoms with Gasteiger partial charge < -0.3 is 33.2 Å². The maximum Gasteiger partial charge on any atom is 0.331 e. The number of para-hydroxylation sites is 1. The first-order valence-electron chi connectivity index (χ1n) is 13.7. The van der Waals surface area contributed by atoms with Crippen molar-refractivity contribution in [1.29, 1.82) is 0 Å². The van der Waals surface area contributed by atoms with Gasteiger partial charge in [0, 0.05) is 36.6 Å². The lowest BCUT2D eigenvalue weighted by Gasteiger charge is -2.33. The van der Waals surface area contributed by atoms with Crippen LogP contribution in [0.25, 0.3) is 0 Å². The summed E-state index contributed by atoms with van der Waals surface area (Å²) in [4.78, 5) is 27.1. The van der Waals surface area contributed by atoms with Crippen LogP contribution in [0.5, 0.6) is 23.0 Å². The molecule has 10 heteroatoms. The molecule has 218 valence electrons. The van der Waals surface area contributed by atoms with Gasteiger partial charge in [-0.2, -0.15) is 0 Å². The van der Waals surface area contributed by atoms with Crippen LogP contribution in [0.1, 0.15) is 38.3 Å². The van der Waals surface area contributed by atoms with E-state index in [1.165, 1.54) is 12.7 Å².